The standard InChI is InChI=1S/C13H19N5O/c1-9(2)18-5-4-10(7-18)12-15-16-13(19-12)11-6-14-8-17(11)3/h6,8-10H,4-5,7H2,1-3H3/t10-/m0/s1. The summed E-state index contributed by atoms with van der Waals surface area (Å²) in [6, 6.07) is 0.574. The van der Waals surface area contributed by atoms with Crippen molar-refractivity contribution in [2.75, 3.05) is 13.1 Å². The van der Waals surface area contributed by atoms with Gasteiger partial charge in [0.15, 0.2) is 0 Å². The average molecular weight is 261 g/mol. The molecule has 3 rings (SSSR count). The lowest BCUT2D eigenvalue weighted by atomic mass is 10.1. The molecule has 1 fully saturated rings. The molecule has 1 saturated heterocycles. The van der Waals surface area contributed by atoms with Crippen LogP contribution in [0.5, 0.6) is 0 Å². The molecule has 3 heterocycles. The molecule has 1 atom stereocenters. The third kappa shape index (κ3) is 2.28. The van der Waals surface area contributed by atoms with E-state index in [0.29, 0.717) is 17.9 Å². The number of rotatable bonds is 3. The predicted molar refractivity (Wildman–Crippen MR) is 70.6 cm³/mol. The second-order valence-corrected chi connectivity index (χ2v) is 5.41. The smallest absolute Gasteiger partial charge is 0.265 e. The zero-order valence-electron chi connectivity index (χ0n) is 11.6. The molecule has 0 unspecified atom stereocenters. The Morgan fingerprint density at radius 3 is 2.84 bits per heavy atom. The maximum Gasteiger partial charge on any atom is 0.265 e. The second-order valence-electron chi connectivity index (χ2n) is 5.41. The first-order valence-corrected chi connectivity index (χ1v) is 6.69. The minimum absolute atomic E-state index is 0.358. The summed E-state index contributed by atoms with van der Waals surface area (Å²) in [7, 11) is 1.92. The first kappa shape index (κ1) is 12.3. The quantitative estimate of drug-likeness (QED) is 0.841. The molecule has 0 bridgehead atoms. The Morgan fingerprint density at radius 2 is 2.21 bits per heavy atom. The van der Waals surface area contributed by atoms with E-state index in [0.717, 1.165) is 31.1 Å². The van der Waals surface area contributed by atoms with Crippen LogP contribution in [0, 0.1) is 0 Å². The SMILES string of the molecule is CC(C)N1CC[C@H](c2nnc(-c3cncn3C)o2)C1. The van der Waals surface area contributed by atoms with Crippen LogP contribution in [0.3, 0.4) is 0 Å². The Morgan fingerprint density at radius 1 is 1.37 bits per heavy atom. The Hall–Kier alpha value is -1.69. The highest BCUT2D eigenvalue weighted by molar-refractivity contribution is 5.44. The number of likely N-dealkylation sites (tertiary alicyclic amines) is 1. The van der Waals surface area contributed by atoms with Gasteiger partial charge < -0.3 is 13.9 Å². The van der Waals surface area contributed by atoms with Gasteiger partial charge in [0.1, 0.15) is 5.69 Å². The molecule has 2 aromatic rings. The zero-order chi connectivity index (χ0) is 13.4. The summed E-state index contributed by atoms with van der Waals surface area (Å²) in [5, 5.41) is 8.34. The summed E-state index contributed by atoms with van der Waals surface area (Å²) in [6.07, 6.45) is 4.56. The molecule has 0 radical (unpaired) electrons. The zero-order valence-corrected chi connectivity index (χ0v) is 11.6. The molecule has 6 nitrogen and oxygen atoms in total. The maximum atomic E-state index is 5.81. The van der Waals surface area contributed by atoms with E-state index < -0.39 is 0 Å². The van der Waals surface area contributed by atoms with Crippen molar-refractivity contribution in [1.82, 2.24) is 24.6 Å². The van der Waals surface area contributed by atoms with E-state index in [9.17, 15) is 0 Å². The van der Waals surface area contributed by atoms with Crippen LogP contribution in [0.1, 0.15) is 32.1 Å². The van der Waals surface area contributed by atoms with Crippen LogP contribution in [-0.4, -0.2) is 43.8 Å². The molecule has 102 valence electrons. The van der Waals surface area contributed by atoms with Gasteiger partial charge in [0.2, 0.25) is 5.89 Å². The minimum Gasteiger partial charge on any atom is -0.419 e. The van der Waals surface area contributed by atoms with Gasteiger partial charge >= 0.3 is 0 Å². The number of hydrogen-bond acceptors (Lipinski definition) is 5. The van der Waals surface area contributed by atoms with Gasteiger partial charge in [0.05, 0.1) is 18.4 Å². The summed E-state index contributed by atoms with van der Waals surface area (Å²) in [4.78, 5) is 6.51. The highest BCUT2D eigenvalue weighted by Gasteiger charge is 2.29. The highest BCUT2D eigenvalue weighted by atomic mass is 16.4. The molecule has 0 spiro atoms. The summed E-state index contributed by atoms with van der Waals surface area (Å²) in [6.45, 7) is 6.55. The van der Waals surface area contributed by atoms with Gasteiger partial charge in [0.25, 0.3) is 5.89 Å². The van der Waals surface area contributed by atoms with Crippen LogP contribution in [-0.2, 0) is 7.05 Å². The Labute approximate surface area is 112 Å². The van der Waals surface area contributed by atoms with Crippen LogP contribution < -0.4 is 0 Å². The van der Waals surface area contributed by atoms with Crippen molar-refractivity contribution in [3.8, 4) is 11.6 Å². The summed E-state index contributed by atoms with van der Waals surface area (Å²) < 4.78 is 7.69. The summed E-state index contributed by atoms with van der Waals surface area (Å²) >= 11 is 0. The molecular formula is C13H19N5O. The Balaban J connectivity index is 1.78. The third-order valence-corrected chi connectivity index (χ3v) is 3.78. The molecule has 19 heavy (non-hydrogen) atoms. The van der Waals surface area contributed by atoms with Gasteiger partial charge in [0, 0.05) is 19.6 Å². The lowest BCUT2D eigenvalue weighted by molar-refractivity contribution is 0.269. The van der Waals surface area contributed by atoms with E-state index in [-0.39, 0.29) is 0 Å². The monoisotopic (exact) mass is 261 g/mol. The second kappa shape index (κ2) is 4.77. The van der Waals surface area contributed by atoms with Crippen LogP contribution in [0.25, 0.3) is 11.6 Å². The van der Waals surface area contributed by atoms with Gasteiger partial charge in [-0.2, -0.15) is 0 Å². The van der Waals surface area contributed by atoms with E-state index in [1.165, 1.54) is 0 Å². The number of imidazole rings is 1. The first-order valence-electron chi connectivity index (χ1n) is 6.69. The van der Waals surface area contributed by atoms with Gasteiger partial charge in [-0.25, -0.2) is 4.98 Å². The van der Waals surface area contributed by atoms with Crippen molar-refractivity contribution >= 4 is 0 Å². The van der Waals surface area contributed by atoms with Crippen LogP contribution >= 0.6 is 0 Å². The minimum atomic E-state index is 0.358. The Kier molecular flexibility index (Phi) is 3.10. The predicted octanol–water partition coefficient (Wildman–Crippen LogP) is 1.67. The fraction of sp³-hybridized carbons (Fsp3) is 0.615. The van der Waals surface area contributed by atoms with E-state index in [1.54, 1.807) is 12.5 Å². The number of hydrogen-bond donors (Lipinski definition) is 0. The van der Waals surface area contributed by atoms with Crippen molar-refractivity contribution < 1.29 is 4.42 Å². The van der Waals surface area contributed by atoms with Crippen LogP contribution in [0.4, 0.5) is 0 Å². The average Bonchev–Trinajstić information content (AvgIpc) is 3.07. The lowest BCUT2D eigenvalue weighted by Gasteiger charge is -2.19. The van der Waals surface area contributed by atoms with Crippen molar-refractivity contribution in [3.05, 3.63) is 18.4 Å². The van der Waals surface area contributed by atoms with E-state index in [2.05, 4.69) is 33.9 Å². The first-order chi connectivity index (χ1) is 9.15. The van der Waals surface area contributed by atoms with Gasteiger partial charge in [-0.15, -0.1) is 10.2 Å². The molecule has 0 amide bonds. The van der Waals surface area contributed by atoms with E-state index >= 15 is 0 Å². The van der Waals surface area contributed by atoms with Crippen molar-refractivity contribution in [1.29, 1.82) is 0 Å². The number of aryl methyl sites for hydroxylation is 1. The molecule has 0 N–H and O–H groups in total. The maximum absolute atomic E-state index is 5.81. The van der Waals surface area contributed by atoms with Crippen molar-refractivity contribution in [3.63, 3.8) is 0 Å². The molecule has 0 aliphatic carbocycles. The fourth-order valence-corrected chi connectivity index (χ4v) is 2.52. The van der Waals surface area contributed by atoms with Gasteiger partial charge in [-0.05, 0) is 26.8 Å². The van der Waals surface area contributed by atoms with Crippen LogP contribution in [0.2, 0.25) is 0 Å². The summed E-state index contributed by atoms with van der Waals surface area (Å²) in [5.41, 5.74) is 0.859. The number of nitrogens with zero attached hydrogens (tertiary/aromatic N) is 5. The lowest BCUT2D eigenvalue weighted by Crippen LogP contribution is -2.27. The molecule has 0 aromatic carbocycles. The van der Waals surface area contributed by atoms with Gasteiger partial charge in [-0.3, -0.25) is 0 Å². The van der Waals surface area contributed by atoms with E-state index in [4.69, 9.17) is 4.42 Å². The molecule has 0 saturated carbocycles. The van der Waals surface area contributed by atoms with Crippen LogP contribution in [0.15, 0.2) is 16.9 Å². The molecule has 2 aromatic heterocycles. The highest BCUT2D eigenvalue weighted by Crippen LogP contribution is 2.29. The largest absolute Gasteiger partial charge is 0.419 e. The third-order valence-electron chi connectivity index (χ3n) is 3.78. The molecule has 6 heteroatoms. The van der Waals surface area contributed by atoms with Crippen molar-refractivity contribution in [2.24, 2.45) is 7.05 Å². The normalized spacial score (nSPS) is 20.5. The molecule has 1 aliphatic heterocycles. The number of aromatic nitrogens is 4. The molecule has 1 aliphatic rings. The fourth-order valence-electron chi connectivity index (χ4n) is 2.52. The summed E-state index contributed by atoms with van der Waals surface area (Å²) in [5.74, 6) is 1.66. The van der Waals surface area contributed by atoms with Gasteiger partial charge in [-0.1, -0.05) is 0 Å². The van der Waals surface area contributed by atoms with E-state index in [1.807, 2.05) is 11.6 Å². The Bertz CT molecular complexity index is 559. The molecular weight excluding hydrogens is 242 g/mol. The topological polar surface area (TPSA) is 60.0 Å². The van der Waals surface area contributed by atoms with Crippen molar-refractivity contribution in [2.45, 2.75) is 32.2 Å².